The van der Waals surface area contributed by atoms with Crippen LogP contribution in [0.1, 0.15) is 61.3 Å². The lowest BCUT2D eigenvalue weighted by Gasteiger charge is -2.26. The number of nitrogens with one attached hydrogen (secondary N) is 1. The third-order valence-corrected chi connectivity index (χ3v) is 4.93. The Kier molecular flexibility index (Phi) is 3.99. The van der Waals surface area contributed by atoms with Crippen LogP contribution in [0.5, 0.6) is 5.75 Å². The molecule has 0 bridgehead atoms. The minimum Gasteiger partial charge on any atom is -0.506 e. The first-order chi connectivity index (χ1) is 9.27. The zero-order chi connectivity index (χ0) is 13.2. The maximum Gasteiger partial charge on any atom is 0.139 e. The fourth-order valence-electron chi connectivity index (χ4n) is 3.42. The van der Waals surface area contributed by atoms with Gasteiger partial charge in [0.1, 0.15) is 5.75 Å². The van der Waals surface area contributed by atoms with Crippen LogP contribution in [0.25, 0.3) is 0 Å². The predicted octanol–water partition coefficient (Wildman–Crippen LogP) is 4.13. The molecular weight excluding hydrogens is 258 g/mol. The molecule has 0 saturated carbocycles. The number of halogens is 1. The van der Waals surface area contributed by atoms with Gasteiger partial charge >= 0.3 is 0 Å². The molecule has 1 saturated heterocycles. The summed E-state index contributed by atoms with van der Waals surface area (Å²) in [6.07, 6.45) is 9.38. The molecule has 104 valence electrons. The minimum absolute atomic E-state index is 0.278. The molecule has 3 heteroatoms. The van der Waals surface area contributed by atoms with E-state index in [0.717, 1.165) is 31.4 Å². The summed E-state index contributed by atoms with van der Waals surface area (Å²) in [5, 5.41) is 14.5. The first-order valence-electron chi connectivity index (χ1n) is 7.54. The van der Waals surface area contributed by atoms with Crippen molar-refractivity contribution in [2.75, 3.05) is 6.54 Å². The van der Waals surface area contributed by atoms with Crippen molar-refractivity contribution < 1.29 is 5.11 Å². The molecular formula is C16H22ClNO. The van der Waals surface area contributed by atoms with Gasteiger partial charge in [-0.15, -0.1) is 0 Å². The molecule has 2 N–H and O–H groups in total. The molecule has 2 nitrogen and oxygen atoms in total. The quantitative estimate of drug-likeness (QED) is 0.758. The normalized spacial score (nSPS) is 23.7. The van der Waals surface area contributed by atoms with Gasteiger partial charge in [-0.25, -0.2) is 0 Å². The number of hydrogen-bond donors (Lipinski definition) is 2. The summed E-state index contributed by atoms with van der Waals surface area (Å²) in [4.78, 5) is 0. The molecule has 3 rings (SSSR count). The van der Waals surface area contributed by atoms with Crippen molar-refractivity contribution in [3.63, 3.8) is 0 Å². The molecule has 1 fully saturated rings. The highest BCUT2D eigenvalue weighted by atomic mass is 35.5. The number of fused-ring (bicyclic) bond motifs is 1. The SMILES string of the molecule is Oc1c(C2CCCCN2)cc2c(c1Cl)CCCCC2. The molecule has 0 amide bonds. The maximum absolute atomic E-state index is 10.4. The number of phenolic OH excluding ortho intramolecular Hbond substituents is 1. The van der Waals surface area contributed by atoms with Crippen molar-refractivity contribution in [1.82, 2.24) is 5.32 Å². The van der Waals surface area contributed by atoms with Crippen molar-refractivity contribution in [2.24, 2.45) is 0 Å². The van der Waals surface area contributed by atoms with Crippen LogP contribution >= 0.6 is 11.6 Å². The molecule has 1 aliphatic carbocycles. The lowest BCUT2D eigenvalue weighted by atomic mass is 9.91. The topological polar surface area (TPSA) is 32.3 Å². The van der Waals surface area contributed by atoms with E-state index < -0.39 is 0 Å². The van der Waals surface area contributed by atoms with Crippen LogP contribution in [0.2, 0.25) is 5.02 Å². The van der Waals surface area contributed by atoms with E-state index in [9.17, 15) is 5.11 Å². The monoisotopic (exact) mass is 279 g/mol. The first kappa shape index (κ1) is 13.3. The largest absolute Gasteiger partial charge is 0.506 e. The molecule has 1 heterocycles. The van der Waals surface area contributed by atoms with E-state index in [-0.39, 0.29) is 6.04 Å². The highest BCUT2D eigenvalue weighted by Gasteiger charge is 2.23. The second kappa shape index (κ2) is 5.72. The third kappa shape index (κ3) is 2.61. The molecule has 1 aromatic rings. The summed E-state index contributed by atoms with van der Waals surface area (Å²) in [5.74, 6) is 0.321. The van der Waals surface area contributed by atoms with E-state index in [4.69, 9.17) is 11.6 Å². The highest BCUT2D eigenvalue weighted by Crippen LogP contribution is 2.40. The lowest BCUT2D eigenvalue weighted by molar-refractivity contribution is 0.390. The fourth-order valence-corrected chi connectivity index (χ4v) is 3.75. The van der Waals surface area contributed by atoms with Crippen LogP contribution in [0.15, 0.2) is 6.07 Å². The molecule has 19 heavy (non-hydrogen) atoms. The second-order valence-electron chi connectivity index (χ2n) is 5.83. The summed E-state index contributed by atoms with van der Waals surface area (Å²) in [5.41, 5.74) is 3.57. The minimum atomic E-state index is 0.278. The molecule has 2 aliphatic rings. The van der Waals surface area contributed by atoms with Gasteiger partial charge in [-0.3, -0.25) is 0 Å². The van der Waals surface area contributed by atoms with Crippen molar-refractivity contribution in [2.45, 2.75) is 57.4 Å². The number of rotatable bonds is 1. The molecule has 1 atom stereocenters. The summed E-state index contributed by atoms with van der Waals surface area (Å²) >= 11 is 6.43. The standard InChI is InChI=1S/C16H22ClNO/c17-15-12-7-3-1-2-6-11(12)10-13(16(15)19)14-8-4-5-9-18-14/h10,14,18-19H,1-9H2. The third-order valence-electron chi connectivity index (χ3n) is 4.52. The van der Waals surface area contributed by atoms with Gasteiger partial charge in [0, 0.05) is 11.6 Å². The van der Waals surface area contributed by atoms with Gasteiger partial charge < -0.3 is 10.4 Å². The zero-order valence-electron chi connectivity index (χ0n) is 11.3. The van der Waals surface area contributed by atoms with Crippen molar-refractivity contribution in [3.8, 4) is 5.75 Å². The summed E-state index contributed by atoms with van der Waals surface area (Å²) < 4.78 is 0. The Hall–Kier alpha value is -0.730. The van der Waals surface area contributed by atoms with Crippen LogP contribution < -0.4 is 5.32 Å². The first-order valence-corrected chi connectivity index (χ1v) is 7.91. The van der Waals surface area contributed by atoms with Gasteiger partial charge in [0.05, 0.1) is 5.02 Å². The Morgan fingerprint density at radius 1 is 1.11 bits per heavy atom. The second-order valence-corrected chi connectivity index (χ2v) is 6.21. The number of hydrogen-bond acceptors (Lipinski definition) is 2. The average molecular weight is 280 g/mol. The Bertz CT molecular complexity index is 466. The van der Waals surface area contributed by atoms with Gasteiger partial charge in [-0.2, -0.15) is 0 Å². The van der Waals surface area contributed by atoms with E-state index >= 15 is 0 Å². The number of benzene rings is 1. The Morgan fingerprint density at radius 3 is 2.74 bits per heavy atom. The molecule has 1 unspecified atom stereocenters. The molecule has 1 aliphatic heterocycles. The summed E-state index contributed by atoms with van der Waals surface area (Å²) in [6, 6.07) is 2.49. The van der Waals surface area contributed by atoms with Crippen LogP contribution in [0, 0.1) is 0 Å². The molecule has 0 aromatic heterocycles. The Balaban J connectivity index is 2.00. The summed E-state index contributed by atoms with van der Waals surface area (Å²) in [7, 11) is 0. The van der Waals surface area contributed by atoms with Gasteiger partial charge in [0.25, 0.3) is 0 Å². The van der Waals surface area contributed by atoms with E-state index in [1.54, 1.807) is 0 Å². The zero-order valence-corrected chi connectivity index (χ0v) is 12.1. The van der Waals surface area contributed by atoms with Crippen molar-refractivity contribution in [3.05, 3.63) is 27.8 Å². The van der Waals surface area contributed by atoms with Gasteiger partial charge in [-0.1, -0.05) is 30.5 Å². The van der Waals surface area contributed by atoms with Gasteiger partial charge in [0.2, 0.25) is 0 Å². The van der Waals surface area contributed by atoms with Crippen LogP contribution in [0.4, 0.5) is 0 Å². The average Bonchev–Trinajstić information content (AvgIpc) is 2.69. The number of phenols is 1. The van der Waals surface area contributed by atoms with Gasteiger partial charge in [-0.05, 0) is 56.2 Å². The van der Waals surface area contributed by atoms with Crippen LogP contribution in [-0.2, 0) is 12.8 Å². The van der Waals surface area contributed by atoms with Gasteiger partial charge in [0.15, 0.2) is 0 Å². The highest BCUT2D eigenvalue weighted by molar-refractivity contribution is 6.33. The molecule has 0 radical (unpaired) electrons. The lowest BCUT2D eigenvalue weighted by Crippen LogP contribution is -2.27. The smallest absolute Gasteiger partial charge is 0.139 e. The summed E-state index contributed by atoms with van der Waals surface area (Å²) in [6.45, 7) is 1.04. The number of aromatic hydroxyl groups is 1. The Morgan fingerprint density at radius 2 is 1.95 bits per heavy atom. The molecule has 1 aromatic carbocycles. The van der Waals surface area contributed by atoms with Crippen LogP contribution in [0.3, 0.4) is 0 Å². The fraction of sp³-hybridized carbons (Fsp3) is 0.625. The molecule has 0 spiro atoms. The van der Waals surface area contributed by atoms with Crippen molar-refractivity contribution in [1.29, 1.82) is 0 Å². The predicted molar refractivity (Wildman–Crippen MR) is 79.0 cm³/mol. The van der Waals surface area contributed by atoms with E-state index in [1.807, 2.05) is 0 Å². The maximum atomic E-state index is 10.4. The van der Waals surface area contributed by atoms with Crippen LogP contribution in [-0.4, -0.2) is 11.7 Å². The number of aryl methyl sites for hydroxylation is 1. The Labute approximate surface area is 120 Å². The van der Waals surface area contributed by atoms with Crippen molar-refractivity contribution >= 4 is 11.6 Å². The van der Waals surface area contributed by atoms with E-state index in [2.05, 4.69) is 11.4 Å². The van der Waals surface area contributed by atoms with E-state index in [0.29, 0.717) is 10.8 Å². The van der Waals surface area contributed by atoms with E-state index in [1.165, 1.54) is 43.2 Å². The number of piperidine rings is 1.